The topological polar surface area (TPSA) is 69.7 Å². The average Bonchev–Trinajstić information content (AvgIpc) is 2.95. The molecule has 25 heavy (non-hydrogen) atoms. The van der Waals surface area contributed by atoms with Crippen molar-refractivity contribution >= 4 is 17.7 Å². The van der Waals surface area contributed by atoms with Crippen molar-refractivity contribution < 1.29 is 23.2 Å². The highest BCUT2D eigenvalue weighted by Gasteiger charge is 2.39. The number of nitrogens with one attached hydrogen (secondary N) is 1. The molecule has 8 heteroatoms. The molecular weight excluding hydrogens is 332 g/mol. The zero-order valence-electron chi connectivity index (χ0n) is 13.8. The fourth-order valence-corrected chi connectivity index (χ4v) is 3.41. The number of carbonyl (C=O) groups is 3. The first-order valence-electron chi connectivity index (χ1n) is 8.19. The molecular formula is C17H19F2N3O3. The first-order valence-corrected chi connectivity index (χ1v) is 8.19. The minimum atomic E-state index is -0.753. The van der Waals surface area contributed by atoms with Crippen LogP contribution in [0.4, 0.5) is 8.78 Å². The van der Waals surface area contributed by atoms with Crippen LogP contribution in [0, 0.1) is 17.6 Å². The molecule has 1 aromatic rings. The van der Waals surface area contributed by atoms with Gasteiger partial charge in [-0.3, -0.25) is 19.8 Å². The molecule has 1 unspecified atom stereocenters. The van der Waals surface area contributed by atoms with Crippen molar-refractivity contribution in [1.82, 2.24) is 15.3 Å². The van der Waals surface area contributed by atoms with E-state index in [9.17, 15) is 23.2 Å². The van der Waals surface area contributed by atoms with Gasteiger partial charge in [-0.1, -0.05) is 0 Å². The number of benzene rings is 1. The molecule has 6 nitrogen and oxygen atoms in total. The van der Waals surface area contributed by atoms with Crippen molar-refractivity contribution in [2.75, 3.05) is 13.1 Å². The number of amides is 3. The van der Waals surface area contributed by atoms with E-state index in [2.05, 4.69) is 5.43 Å². The van der Waals surface area contributed by atoms with E-state index >= 15 is 0 Å². The van der Waals surface area contributed by atoms with E-state index in [0.717, 1.165) is 18.2 Å². The van der Waals surface area contributed by atoms with E-state index in [1.807, 2.05) is 0 Å². The summed E-state index contributed by atoms with van der Waals surface area (Å²) in [6.45, 7) is 2.44. The molecule has 0 aromatic heterocycles. The molecule has 2 aliphatic heterocycles. The molecule has 2 heterocycles. The maximum Gasteiger partial charge on any atom is 0.244 e. The lowest BCUT2D eigenvalue weighted by atomic mass is 9.94. The third kappa shape index (κ3) is 3.62. The predicted octanol–water partition coefficient (Wildman–Crippen LogP) is 1.53. The standard InChI is InChI=1S/C17H19F2N3O3/c1-10(23)21-4-2-11(3-5-21)17(25)22-15(9-16(24)20-22)12-6-13(18)8-14(19)7-12/h6-8,11,15H,2-5,9H2,1H3,(H,20,24). The van der Waals surface area contributed by atoms with Crippen LogP contribution in [0.15, 0.2) is 18.2 Å². The van der Waals surface area contributed by atoms with Crippen molar-refractivity contribution in [3.8, 4) is 0 Å². The highest BCUT2D eigenvalue weighted by Crippen LogP contribution is 2.31. The van der Waals surface area contributed by atoms with Gasteiger partial charge in [-0.15, -0.1) is 0 Å². The largest absolute Gasteiger partial charge is 0.343 e. The quantitative estimate of drug-likeness (QED) is 0.878. The Balaban J connectivity index is 1.76. The van der Waals surface area contributed by atoms with Crippen molar-refractivity contribution in [3.05, 3.63) is 35.4 Å². The van der Waals surface area contributed by atoms with Gasteiger partial charge >= 0.3 is 0 Å². The average molecular weight is 351 g/mol. The van der Waals surface area contributed by atoms with Gasteiger partial charge in [0.25, 0.3) is 0 Å². The fraction of sp³-hybridized carbons (Fsp3) is 0.471. The zero-order valence-corrected chi connectivity index (χ0v) is 13.8. The summed E-state index contributed by atoms with van der Waals surface area (Å²) >= 11 is 0. The number of hydrogen-bond acceptors (Lipinski definition) is 3. The molecule has 0 spiro atoms. The van der Waals surface area contributed by atoms with Crippen LogP contribution in [0.3, 0.4) is 0 Å². The molecule has 1 N–H and O–H groups in total. The van der Waals surface area contributed by atoms with Gasteiger partial charge in [0.05, 0.1) is 12.5 Å². The summed E-state index contributed by atoms with van der Waals surface area (Å²) in [5.41, 5.74) is 2.73. The lowest BCUT2D eigenvalue weighted by Crippen LogP contribution is -2.47. The third-order valence-corrected chi connectivity index (χ3v) is 4.73. The van der Waals surface area contributed by atoms with Crippen LogP contribution in [0.1, 0.15) is 37.8 Å². The number of nitrogens with zero attached hydrogens (tertiary/aromatic N) is 2. The fourth-order valence-electron chi connectivity index (χ4n) is 3.41. The number of hydrazine groups is 1. The summed E-state index contributed by atoms with van der Waals surface area (Å²) in [5.74, 6) is -2.54. The van der Waals surface area contributed by atoms with E-state index in [4.69, 9.17) is 0 Å². The molecule has 134 valence electrons. The summed E-state index contributed by atoms with van der Waals surface area (Å²) in [4.78, 5) is 37.6. The van der Waals surface area contributed by atoms with Crippen molar-refractivity contribution in [3.63, 3.8) is 0 Å². The molecule has 1 atom stereocenters. The van der Waals surface area contributed by atoms with Crippen molar-refractivity contribution in [1.29, 1.82) is 0 Å². The van der Waals surface area contributed by atoms with Gasteiger partial charge in [0.15, 0.2) is 0 Å². The normalized spacial score (nSPS) is 21.4. The summed E-state index contributed by atoms with van der Waals surface area (Å²) in [5, 5.41) is 1.19. The van der Waals surface area contributed by atoms with E-state index in [1.165, 1.54) is 11.9 Å². The minimum absolute atomic E-state index is 0.0338. The number of hydrogen-bond donors (Lipinski definition) is 1. The first-order chi connectivity index (χ1) is 11.8. The second kappa shape index (κ2) is 6.78. The monoisotopic (exact) mass is 351 g/mol. The highest BCUT2D eigenvalue weighted by atomic mass is 19.1. The smallest absolute Gasteiger partial charge is 0.244 e. The molecule has 3 amide bonds. The lowest BCUT2D eigenvalue weighted by Gasteiger charge is -2.34. The Morgan fingerprint density at radius 1 is 1.12 bits per heavy atom. The number of likely N-dealkylation sites (tertiary alicyclic amines) is 1. The summed E-state index contributed by atoms with van der Waals surface area (Å²) < 4.78 is 27.0. The molecule has 0 saturated carbocycles. The van der Waals surface area contributed by atoms with Gasteiger partial charge in [0.1, 0.15) is 11.6 Å². The van der Waals surface area contributed by atoms with Crippen LogP contribution in [-0.4, -0.2) is 40.7 Å². The van der Waals surface area contributed by atoms with Crippen LogP contribution in [-0.2, 0) is 14.4 Å². The van der Waals surface area contributed by atoms with Crippen molar-refractivity contribution in [2.45, 2.75) is 32.2 Å². The number of carbonyl (C=O) groups excluding carboxylic acids is 3. The van der Waals surface area contributed by atoms with Crippen LogP contribution < -0.4 is 5.43 Å². The second-order valence-electron chi connectivity index (χ2n) is 6.45. The van der Waals surface area contributed by atoms with Crippen LogP contribution in [0.5, 0.6) is 0 Å². The maximum atomic E-state index is 13.5. The Hall–Kier alpha value is -2.51. The van der Waals surface area contributed by atoms with Gasteiger partial charge in [-0.05, 0) is 30.5 Å². The van der Waals surface area contributed by atoms with Gasteiger partial charge in [-0.25, -0.2) is 13.8 Å². The number of piperidine rings is 1. The Labute approximate surface area is 143 Å². The molecule has 2 fully saturated rings. The van der Waals surface area contributed by atoms with E-state index < -0.39 is 17.7 Å². The van der Waals surface area contributed by atoms with E-state index in [0.29, 0.717) is 25.9 Å². The predicted molar refractivity (Wildman–Crippen MR) is 83.7 cm³/mol. The first kappa shape index (κ1) is 17.3. The molecule has 0 radical (unpaired) electrons. The SMILES string of the molecule is CC(=O)N1CCC(C(=O)N2NC(=O)CC2c2cc(F)cc(F)c2)CC1. The summed E-state index contributed by atoms with van der Waals surface area (Å²) in [7, 11) is 0. The number of halogens is 2. The Morgan fingerprint density at radius 2 is 1.72 bits per heavy atom. The van der Waals surface area contributed by atoms with Gasteiger partial charge in [0.2, 0.25) is 17.7 Å². The van der Waals surface area contributed by atoms with Crippen LogP contribution in [0.2, 0.25) is 0 Å². The summed E-state index contributed by atoms with van der Waals surface area (Å²) in [6.07, 6.45) is 0.949. The lowest BCUT2D eigenvalue weighted by molar-refractivity contribution is -0.145. The molecule has 2 saturated heterocycles. The van der Waals surface area contributed by atoms with E-state index in [1.54, 1.807) is 4.90 Å². The van der Waals surface area contributed by atoms with Crippen LogP contribution in [0.25, 0.3) is 0 Å². The Bertz CT molecular complexity index is 697. The minimum Gasteiger partial charge on any atom is -0.343 e. The summed E-state index contributed by atoms with van der Waals surface area (Å²) in [6, 6.07) is 2.27. The zero-order chi connectivity index (χ0) is 18.1. The molecule has 1 aromatic carbocycles. The van der Waals surface area contributed by atoms with Gasteiger partial charge < -0.3 is 4.90 Å². The molecule has 3 rings (SSSR count). The highest BCUT2D eigenvalue weighted by molar-refractivity contribution is 5.87. The third-order valence-electron chi connectivity index (χ3n) is 4.73. The Kier molecular flexibility index (Phi) is 4.69. The van der Waals surface area contributed by atoms with Crippen LogP contribution >= 0.6 is 0 Å². The Morgan fingerprint density at radius 3 is 2.28 bits per heavy atom. The number of rotatable bonds is 2. The maximum absolute atomic E-state index is 13.5. The molecule has 0 aliphatic carbocycles. The van der Waals surface area contributed by atoms with E-state index in [-0.39, 0.29) is 35.6 Å². The van der Waals surface area contributed by atoms with Gasteiger partial charge in [-0.2, -0.15) is 0 Å². The van der Waals surface area contributed by atoms with Crippen molar-refractivity contribution in [2.24, 2.45) is 5.92 Å². The second-order valence-corrected chi connectivity index (χ2v) is 6.45. The van der Waals surface area contributed by atoms with Gasteiger partial charge in [0, 0.05) is 32.0 Å². The molecule has 0 bridgehead atoms. The molecule has 2 aliphatic rings.